The number of nitrogens with two attached hydrogens (primary N) is 6. The van der Waals surface area contributed by atoms with Gasteiger partial charge in [-0.05, 0) is 134 Å². The zero-order chi connectivity index (χ0) is 48.7. The van der Waals surface area contributed by atoms with E-state index < -0.39 is 70.9 Å². The van der Waals surface area contributed by atoms with Gasteiger partial charge in [-0.25, -0.2) is 0 Å². The van der Waals surface area contributed by atoms with E-state index in [-0.39, 0.29) is 32.5 Å². The van der Waals surface area contributed by atoms with Gasteiger partial charge in [0, 0.05) is 34.8 Å². The molecule has 0 spiro atoms. The molecule has 67 heavy (non-hydrogen) atoms. The lowest BCUT2D eigenvalue weighted by atomic mass is 9.51. The number of nitrogens with one attached hydrogen (secondary N) is 6. The molecule has 0 aliphatic heterocycles. The highest BCUT2D eigenvalue weighted by Crippen LogP contribution is 2.62. The van der Waals surface area contributed by atoms with Gasteiger partial charge in [0.1, 0.15) is 0 Å². The standard InChI is InChI=1S/C47H66N12O8/c48-18-4-1-7-36(51)44(65)54-24-39(60)57-27-10-13-30-33(21-27)47(17-16-42(63)64)34-22-28(58-40(61)25-55-45(66)37(52)8-2-5-19-49)11-14-31(34)43(30)32-15-12-29(23-35(32)47)59-41(62)26-56-46(67)38(53)9-3-6-20-50/h10-15,21-23,36-38,43H,1-9,16-20,24-26,48-53H2,(H,54,65)(H,55,66)(H,56,67)(H,57,60)(H,58,61)(H,59,62)(H,63,64)/t36-,37-,38-,43?,47?/m0/s1. The first-order valence-corrected chi connectivity index (χ1v) is 22.9. The highest BCUT2D eigenvalue weighted by molar-refractivity contribution is 5.98. The Labute approximate surface area is 389 Å². The van der Waals surface area contributed by atoms with Crippen molar-refractivity contribution in [1.29, 1.82) is 0 Å². The molecule has 362 valence electrons. The molecule has 0 fully saturated rings. The lowest BCUT2D eigenvalue weighted by Gasteiger charge is -2.51. The Morgan fingerprint density at radius 2 is 0.821 bits per heavy atom. The van der Waals surface area contributed by atoms with Crippen molar-refractivity contribution in [3.05, 3.63) is 88.0 Å². The molecule has 6 rings (SSSR count). The monoisotopic (exact) mass is 927 g/mol. The molecule has 3 aromatic carbocycles. The molecule has 19 N–H and O–H groups in total. The summed E-state index contributed by atoms with van der Waals surface area (Å²) in [5.41, 5.74) is 39.2. The van der Waals surface area contributed by atoms with Gasteiger partial charge in [-0.1, -0.05) is 37.5 Å². The molecule has 3 aromatic rings. The molecule has 3 aliphatic rings. The highest BCUT2D eigenvalue weighted by atomic mass is 16.4. The van der Waals surface area contributed by atoms with Gasteiger partial charge in [-0.15, -0.1) is 0 Å². The van der Waals surface area contributed by atoms with E-state index in [0.29, 0.717) is 111 Å². The molecule has 0 heterocycles. The lowest BCUT2D eigenvalue weighted by molar-refractivity contribution is -0.137. The minimum atomic E-state index is -1.23. The fourth-order valence-corrected chi connectivity index (χ4v) is 8.83. The Kier molecular flexibility index (Phi) is 18.9. The Hall–Kier alpha value is -6.29. The van der Waals surface area contributed by atoms with Crippen LogP contribution < -0.4 is 66.3 Å². The SMILES string of the molecule is NCCCC[C@H](N)C(=O)NCC(=O)Nc1ccc2c(c1)C1(CCC(=O)O)c3cc(NC(=O)CNC(=O)[C@@H](N)CCCCN)ccc3C2c2ccc(NC(=O)CNC(=O)[C@@H](N)CCCCN)cc21. The summed E-state index contributed by atoms with van der Waals surface area (Å²) >= 11 is 0. The van der Waals surface area contributed by atoms with Crippen LogP contribution in [-0.2, 0) is 39.0 Å². The number of unbranched alkanes of at least 4 members (excludes halogenated alkanes) is 3. The molecule has 0 radical (unpaired) electrons. The first-order chi connectivity index (χ1) is 32.1. The Morgan fingerprint density at radius 1 is 0.507 bits per heavy atom. The first kappa shape index (κ1) is 51.7. The number of aliphatic carboxylic acids is 1. The molecule has 0 aromatic heterocycles. The van der Waals surface area contributed by atoms with E-state index in [0.717, 1.165) is 16.7 Å². The van der Waals surface area contributed by atoms with Gasteiger partial charge in [-0.2, -0.15) is 0 Å². The van der Waals surface area contributed by atoms with Crippen LogP contribution in [0.25, 0.3) is 0 Å². The van der Waals surface area contributed by atoms with Crippen molar-refractivity contribution in [3.63, 3.8) is 0 Å². The number of carboxylic acid groups (broad SMARTS) is 1. The zero-order valence-corrected chi connectivity index (χ0v) is 37.8. The third-order valence-electron chi connectivity index (χ3n) is 12.2. The van der Waals surface area contributed by atoms with E-state index in [1.807, 2.05) is 18.2 Å². The summed E-state index contributed by atoms with van der Waals surface area (Å²) in [5, 5.41) is 26.5. The zero-order valence-electron chi connectivity index (χ0n) is 37.8. The van der Waals surface area contributed by atoms with Crippen LogP contribution in [-0.4, -0.2) is 104 Å². The van der Waals surface area contributed by atoms with E-state index in [4.69, 9.17) is 34.4 Å². The van der Waals surface area contributed by atoms with Crippen molar-refractivity contribution in [2.75, 3.05) is 55.2 Å². The van der Waals surface area contributed by atoms with Crippen LogP contribution in [0.4, 0.5) is 17.1 Å². The number of hydrogen-bond acceptors (Lipinski definition) is 13. The van der Waals surface area contributed by atoms with E-state index in [9.17, 15) is 38.7 Å². The molecule has 20 heteroatoms. The predicted octanol–water partition coefficient (Wildman–Crippen LogP) is 0.226. The molecule has 3 aliphatic carbocycles. The van der Waals surface area contributed by atoms with Crippen LogP contribution in [0.2, 0.25) is 0 Å². The van der Waals surface area contributed by atoms with Crippen LogP contribution in [0.15, 0.2) is 54.6 Å². The fourth-order valence-electron chi connectivity index (χ4n) is 8.83. The second-order valence-corrected chi connectivity index (χ2v) is 17.1. The average Bonchev–Trinajstić information content (AvgIpc) is 3.31. The van der Waals surface area contributed by atoms with Gasteiger partial charge in [0.05, 0.1) is 37.8 Å². The van der Waals surface area contributed by atoms with Crippen molar-refractivity contribution in [3.8, 4) is 0 Å². The van der Waals surface area contributed by atoms with Crippen LogP contribution in [0.3, 0.4) is 0 Å². The summed E-state index contributed by atoms with van der Waals surface area (Å²) in [6.07, 6.45) is 5.09. The first-order valence-electron chi connectivity index (χ1n) is 22.9. The van der Waals surface area contributed by atoms with Crippen molar-refractivity contribution < 1.29 is 38.7 Å². The summed E-state index contributed by atoms with van der Waals surface area (Å²) < 4.78 is 0. The Morgan fingerprint density at radius 3 is 1.10 bits per heavy atom. The normalized spacial score (nSPS) is 16.5. The second kappa shape index (κ2) is 24.5. The van der Waals surface area contributed by atoms with Gasteiger partial charge in [0.15, 0.2) is 0 Å². The number of rotatable bonds is 27. The van der Waals surface area contributed by atoms with Gasteiger partial charge in [0.25, 0.3) is 0 Å². The maximum absolute atomic E-state index is 13.3. The molecular formula is C47H66N12O8. The molecule has 0 saturated carbocycles. The summed E-state index contributed by atoms with van der Waals surface area (Å²) in [5.74, 6) is -4.47. The van der Waals surface area contributed by atoms with Gasteiger partial charge in [-0.3, -0.25) is 33.6 Å². The fraction of sp³-hybridized carbons (Fsp3) is 0.468. The second-order valence-electron chi connectivity index (χ2n) is 17.1. The summed E-state index contributed by atoms with van der Waals surface area (Å²) in [6.45, 7) is 0.364. The van der Waals surface area contributed by atoms with E-state index in [1.54, 1.807) is 36.4 Å². The predicted molar refractivity (Wildman–Crippen MR) is 255 cm³/mol. The molecular weight excluding hydrogens is 861 g/mol. The molecule has 0 saturated heterocycles. The average molecular weight is 927 g/mol. The number of benzene rings is 3. The molecule has 6 amide bonds. The maximum atomic E-state index is 13.3. The number of carboxylic acids is 1. The highest BCUT2D eigenvalue weighted by Gasteiger charge is 2.52. The quantitative estimate of drug-likeness (QED) is 0.0456. The van der Waals surface area contributed by atoms with Crippen molar-refractivity contribution in [2.45, 2.75) is 100 Å². The van der Waals surface area contributed by atoms with Crippen molar-refractivity contribution in [2.24, 2.45) is 34.4 Å². The van der Waals surface area contributed by atoms with E-state index >= 15 is 0 Å². The number of carbonyl (C=O) groups is 7. The minimum absolute atomic E-state index is 0.0164. The Bertz CT molecular complexity index is 2060. The Balaban J connectivity index is 1.48. The van der Waals surface area contributed by atoms with Crippen molar-refractivity contribution >= 4 is 58.5 Å². The van der Waals surface area contributed by atoms with Crippen LogP contribution in [0.5, 0.6) is 0 Å². The number of amides is 6. The third-order valence-corrected chi connectivity index (χ3v) is 12.2. The molecule has 0 unspecified atom stereocenters. The minimum Gasteiger partial charge on any atom is -0.481 e. The van der Waals surface area contributed by atoms with Gasteiger partial charge in [0.2, 0.25) is 35.4 Å². The smallest absolute Gasteiger partial charge is 0.303 e. The lowest BCUT2D eigenvalue weighted by Crippen LogP contribution is -2.44. The summed E-state index contributed by atoms with van der Waals surface area (Å²) in [6, 6.07) is 13.8. The molecule has 2 bridgehead atoms. The number of carbonyl (C=O) groups excluding carboxylic acids is 6. The third kappa shape index (κ3) is 13.2. The van der Waals surface area contributed by atoms with Gasteiger partial charge >= 0.3 is 5.97 Å². The number of hydrogen-bond donors (Lipinski definition) is 13. The van der Waals surface area contributed by atoms with Gasteiger partial charge < -0.3 is 71.4 Å². The van der Waals surface area contributed by atoms with Crippen molar-refractivity contribution in [1.82, 2.24) is 16.0 Å². The molecule has 3 atom stereocenters. The number of anilines is 3. The van der Waals surface area contributed by atoms with E-state index in [2.05, 4.69) is 31.9 Å². The maximum Gasteiger partial charge on any atom is 0.303 e. The van der Waals surface area contributed by atoms with E-state index in [1.165, 1.54) is 0 Å². The topological polar surface area (TPSA) is 368 Å². The van der Waals surface area contributed by atoms with Crippen LogP contribution in [0, 0.1) is 0 Å². The summed E-state index contributed by atoms with van der Waals surface area (Å²) in [4.78, 5) is 90.3. The van der Waals surface area contributed by atoms with Crippen LogP contribution >= 0.6 is 0 Å². The summed E-state index contributed by atoms with van der Waals surface area (Å²) in [7, 11) is 0. The largest absolute Gasteiger partial charge is 0.481 e. The van der Waals surface area contributed by atoms with Crippen LogP contribution in [0.1, 0.15) is 110 Å². The molecule has 20 nitrogen and oxygen atoms in total.